The topological polar surface area (TPSA) is 64.7 Å². The van der Waals surface area contributed by atoms with Crippen LogP contribution in [0.2, 0.25) is 0 Å². The lowest BCUT2D eigenvalue weighted by molar-refractivity contribution is -0.137. The monoisotopic (exact) mass is 229 g/mol. The van der Waals surface area contributed by atoms with Gasteiger partial charge in [0.1, 0.15) is 0 Å². The van der Waals surface area contributed by atoms with E-state index in [1.807, 2.05) is 0 Å². The predicted octanol–water partition coefficient (Wildman–Crippen LogP) is 0.672. The molecular formula is C12H23NO3. The molecule has 16 heavy (non-hydrogen) atoms. The molecule has 1 aliphatic heterocycles. The minimum atomic E-state index is -0.697. The lowest BCUT2D eigenvalue weighted by Crippen LogP contribution is -2.56. The van der Waals surface area contributed by atoms with Crippen molar-refractivity contribution >= 4 is 0 Å². The van der Waals surface area contributed by atoms with Gasteiger partial charge in [0.05, 0.1) is 18.3 Å². The maximum atomic E-state index is 10.9. The summed E-state index contributed by atoms with van der Waals surface area (Å²) in [5.74, 6) is 0. The van der Waals surface area contributed by atoms with Crippen molar-refractivity contribution < 1.29 is 14.6 Å². The first-order valence-corrected chi connectivity index (χ1v) is 6.19. The van der Waals surface area contributed by atoms with Gasteiger partial charge in [0.15, 0.2) is 0 Å². The molecular weight excluding hydrogens is 206 g/mol. The summed E-state index contributed by atoms with van der Waals surface area (Å²) < 4.78 is 10.9. The molecule has 0 spiro atoms. The van der Waals surface area contributed by atoms with Crippen LogP contribution in [-0.4, -0.2) is 43.7 Å². The second kappa shape index (κ2) is 4.61. The van der Waals surface area contributed by atoms with Crippen LogP contribution in [0.5, 0.6) is 0 Å². The number of hydrogen-bond donors (Lipinski definition) is 2. The molecule has 3 N–H and O–H groups in total. The van der Waals surface area contributed by atoms with Crippen molar-refractivity contribution in [3.63, 3.8) is 0 Å². The SMILES string of the molecule is COC1CCCC(O)(C2(CN)CCOC2)C1. The van der Waals surface area contributed by atoms with E-state index in [-0.39, 0.29) is 11.5 Å². The van der Waals surface area contributed by atoms with Crippen LogP contribution in [0.25, 0.3) is 0 Å². The third-order valence-corrected chi connectivity index (χ3v) is 4.50. The number of hydrogen-bond acceptors (Lipinski definition) is 4. The van der Waals surface area contributed by atoms with E-state index in [9.17, 15) is 5.11 Å². The standard InChI is InChI=1S/C12H23NO3/c1-15-10-3-2-4-12(14,7-10)11(8-13)5-6-16-9-11/h10,14H,2-9,13H2,1H3. The molecule has 2 rings (SSSR count). The normalized spacial score (nSPS) is 44.8. The van der Waals surface area contributed by atoms with Crippen LogP contribution in [0, 0.1) is 5.41 Å². The van der Waals surface area contributed by atoms with Crippen molar-refractivity contribution in [3.8, 4) is 0 Å². The van der Waals surface area contributed by atoms with Crippen LogP contribution in [0.15, 0.2) is 0 Å². The number of methoxy groups -OCH3 is 1. The summed E-state index contributed by atoms with van der Waals surface area (Å²) in [5, 5.41) is 10.9. The average Bonchev–Trinajstić information content (AvgIpc) is 2.79. The van der Waals surface area contributed by atoms with Crippen LogP contribution in [0.1, 0.15) is 32.1 Å². The third kappa shape index (κ3) is 1.88. The van der Waals surface area contributed by atoms with Crippen LogP contribution < -0.4 is 5.73 Å². The Morgan fingerprint density at radius 3 is 2.88 bits per heavy atom. The maximum Gasteiger partial charge on any atom is 0.0763 e. The van der Waals surface area contributed by atoms with E-state index in [2.05, 4.69) is 0 Å². The van der Waals surface area contributed by atoms with Crippen molar-refractivity contribution in [2.45, 2.75) is 43.8 Å². The quantitative estimate of drug-likeness (QED) is 0.746. The van der Waals surface area contributed by atoms with E-state index in [0.717, 1.165) is 32.3 Å². The van der Waals surface area contributed by atoms with Gasteiger partial charge in [-0.25, -0.2) is 0 Å². The lowest BCUT2D eigenvalue weighted by atomic mass is 9.64. The van der Waals surface area contributed by atoms with Gasteiger partial charge >= 0.3 is 0 Å². The van der Waals surface area contributed by atoms with Crippen molar-refractivity contribution in [2.24, 2.45) is 11.1 Å². The van der Waals surface area contributed by atoms with Gasteiger partial charge in [0, 0.05) is 32.1 Å². The Morgan fingerprint density at radius 1 is 1.50 bits per heavy atom. The molecule has 4 heteroatoms. The summed E-state index contributed by atoms with van der Waals surface area (Å²) in [5.41, 5.74) is 4.95. The minimum Gasteiger partial charge on any atom is -0.389 e. The predicted molar refractivity (Wildman–Crippen MR) is 61.1 cm³/mol. The molecule has 0 amide bonds. The molecule has 1 heterocycles. The van der Waals surface area contributed by atoms with E-state index in [1.54, 1.807) is 7.11 Å². The molecule has 1 saturated carbocycles. The smallest absolute Gasteiger partial charge is 0.0763 e. The van der Waals surface area contributed by atoms with Crippen molar-refractivity contribution in [1.82, 2.24) is 0 Å². The summed E-state index contributed by atoms with van der Waals surface area (Å²) in [7, 11) is 1.72. The molecule has 1 aliphatic carbocycles. The van der Waals surface area contributed by atoms with Crippen molar-refractivity contribution in [1.29, 1.82) is 0 Å². The van der Waals surface area contributed by atoms with Gasteiger partial charge in [-0.15, -0.1) is 0 Å². The highest BCUT2D eigenvalue weighted by molar-refractivity contribution is 5.04. The molecule has 4 nitrogen and oxygen atoms in total. The molecule has 1 saturated heterocycles. The van der Waals surface area contributed by atoms with Crippen molar-refractivity contribution in [2.75, 3.05) is 26.9 Å². The summed E-state index contributed by atoms with van der Waals surface area (Å²) in [6, 6.07) is 0. The second-order valence-electron chi connectivity index (χ2n) is 5.27. The molecule has 0 aromatic heterocycles. The summed E-state index contributed by atoms with van der Waals surface area (Å²) in [6.45, 7) is 1.81. The van der Waals surface area contributed by atoms with Gasteiger partial charge in [-0.2, -0.15) is 0 Å². The molecule has 0 aromatic carbocycles. The Balaban J connectivity index is 2.15. The fraction of sp³-hybridized carbons (Fsp3) is 1.00. The molecule has 2 fully saturated rings. The Kier molecular flexibility index (Phi) is 3.54. The van der Waals surface area contributed by atoms with Crippen LogP contribution in [-0.2, 0) is 9.47 Å². The Labute approximate surface area is 97.1 Å². The highest BCUT2D eigenvalue weighted by Gasteiger charge is 2.53. The number of aliphatic hydroxyl groups is 1. The highest BCUT2D eigenvalue weighted by Crippen LogP contribution is 2.47. The number of nitrogens with two attached hydrogens (primary N) is 1. The molecule has 0 bridgehead atoms. The van der Waals surface area contributed by atoms with Gasteiger partial charge in [0.2, 0.25) is 0 Å². The zero-order valence-electron chi connectivity index (χ0n) is 10.1. The first-order chi connectivity index (χ1) is 7.66. The molecule has 0 aromatic rings. The molecule has 94 valence electrons. The number of rotatable bonds is 3. The zero-order chi connectivity index (χ0) is 11.6. The Hall–Kier alpha value is -0.160. The Bertz CT molecular complexity index is 240. The molecule has 0 radical (unpaired) electrons. The van der Waals surface area contributed by atoms with Crippen LogP contribution in [0.3, 0.4) is 0 Å². The van der Waals surface area contributed by atoms with Gasteiger partial charge < -0.3 is 20.3 Å². The van der Waals surface area contributed by atoms with E-state index >= 15 is 0 Å². The fourth-order valence-electron chi connectivity index (χ4n) is 3.21. The minimum absolute atomic E-state index is 0.169. The fourth-order valence-corrected chi connectivity index (χ4v) is 3.21. The van der Waals surface area contributed by atoms with Crippen LogP contribution >= 0.6 is 0 Å². The third-order valence-electron chi connectivity index (χ3n) is 4.50. The largest absolute Gasteiger partial charge is 0.389 e. The maximum absolute atomic E-state index is 10.9. The first-order valence-electron chi connectivity index (χ1n) is 6.19. The second-order valence-corrected chi connectivity index (χ2v) is 5.27. The lowest BCUT2D eigenvalue weighted by Gasteiger charge is -2.47. The van der Waals surface area contributed by atoms with Gasteiger partial charge in [-0.1, -0.05) is 0 Å². The van der Waals surface area contributed by atoms with Crippen molar-refractivity contribution in [3.05, 3.63) is 0 Å². The Morgan fingerprint density at radius 2 is 2.31 bits per heavy atom. The molecule has 2 aliphatic rings. The van der Waals surface area contributed by atoms with E-state index in [4.69, 9.17) is 15.2 Å². The first kappa shape index (κ1) is 12.3. The summed E-state index contributed by atoms with van der Waals surface area (Å²) >= 11 is 0. The average molecular weight is 229 g/mol. The highest BCUT2D eigenvalue weighted by atomic mass is 16.5. The van der Waals surface area contributed by atoms with E-state index in [1.165, 1.54) is 0 Å². The molecule has 3 unspecified atom stereocenters. The van der Waals surface area contributed by atoms with Gasteiger partial charge in [-0.05, 0) is 25.7 Å². The van der Waals surface area contributed by atoms with E-state index in [0.29, 0.717) is 19.6 Å². The molecule has 3 atom stereocenters. The van der Waals surface area contributed by atoms with Crippen LogP contribution in [0.4, 0.5) is 0 Å². The van der Waals surface area contributed by atoms with Gasteiger partial charge in [0.25, 0.3) is 0 Å². The zero-order valence-corrected chi connectivity index (χ0v) is 10.1. The van der Waals surface area contributed by atoms with E-state index < -0.39 is 5.60 Å². The summed E-state index contributed by atoms with van der Waals surface area (Å²) in [6.07, 6.45) is 4.62. The summed E-state index contributed by atoms with van der Waals surface area (Å²) in [4.78, 5) is 0. The number of ether oxygens (including phenoxy) is 2. The van der Waals surface area contributed by atoms with Gasteiger partial charge in [-0.3, -0.25) is 0 Å².